The van der Waals surface area contributed by atoms with Gasteiger partial charge in [-0.2, -0.15) is 0 Å². The van der Waals surface area contributed by atoms with Gasteiger partial charge in [0.25, 0.3) is 11.8 Å². The molecule has 2 heterocycles. The topological polar surface area (TPSA) is 96.0 Å². The third kappa shape index (κ3) is 3.68. The Hall–Kier alpha value is -2.90. The largest absolute Gasteiger partial charge is 0.452 e. The van der Waals surface area contributed by atoms with Crippen LogP contribution in [0.4, 0.5) is 5.69 Å². The number of hydrogen-bond acceptors (Lipinski definition) is 5. The van der Waals surface area contributed by atoms with Gasteiger partial charge in [-0.15, -0.1) is 0 Å². The van der Waals surface area contributed by atoms with Gasteiger partial charge in [0.05, 0.1) is 11.3 Å². The smallest absolute Gasteiger partial charge is 0.354 e. The Bertz CT molecular complexity index is 895. The number of carbonyl (C=O) groups is 4. The number of rotatable bonds is 7. The minimum Gasteiger partial charge on any atom is -0.452 e. The van der Waals surface area contributed by atoms with E-state index < -0.39 is 18.2 Å². The number of carbonyl (C=O) groups excluding carboxylic acids is 4. The first kappa shape index (κ1) is 21.3. The molecule has 2 aliphatic heterocycles. The molecule has 1 N–H and O–H groups in total. The molecular weight excluding hydrogens is 398 g/mol. The maximum Gasteiger partial charge on any atom is 0.354 e. The van der Waals surface area contributed by atoms with E-state index >= 15 is 0 Å². The molecule has 1 aromatic carbocycles. The molecule has 1 aromatic rings. The van der Waals surface area contributed by atoms with Crippen molar-refractivity contribution >= 4 is 29.4 Å². The lowest BCUT2D eigenvalue weighted by molar-refractivity contribution is -0.160. The molecule has 3 amide bonds. The lowest BCUT2D eigenvalue weighted by Gasteiger charge is -2.48. The molecule has 1 saturated carbocycles. The van der Waals surface area contributed by atoms with Crippen LogP contribution in [0.2, 0.25) is 0 Å². The summed E-state index contributed by atoms with van der Waals surface area (Å²) in [5.74, 6) is -1.59. The van der Waals surface area contributed by atoms with Crippen molar-refractivity contribution in [1.82, 2.24) is 10.2 Å². The predicted molar refractivity (Wildman–Crippen MR) is 113 cm³/mol. The van der Waals surface area contributed by atoms with Crippen molar-refractivity contribution in [3.63, 3.8) is 0 Å². The zero-order valence-corrected chi connectivity index (χ0v) is 17.9. The number of nitrogens with one attached hydrogen (secondary N) is 1. The van der Waals surface area contributed by atoms with Crippen LogP contribution in [0.15, 0.2) is 24.3 Å². The van der Waals surface area contributed by atoms with Gasteiger partial charge in [-0.3, -0.25) is 19.3 Å². The van der Waals surface area contributed by atoms with Crippen molar-refractivity contribution in [2.45, 2.75) is 70.0 Å². The highest BCUT2D eigenvalue weighted by Crippen LogP contribution is 2.45. The number of esters is 1. The fourth-order valence-electron chi connectivity index (χ4n) is 4.96. The van der Waals surface area contributed by atoms with Crippen LogP contribution in [-0.2, 0) is 19.1 Å². The summed E-state index contributed by atoms with van der Waals surface area (Å²) in [6.45, 7) is 1.91. The van der Waals surface area contributed by atoms with Crippen LogP contribution in [-0.4, -0.2) is 53.4 Å². The summed E-state index contributed by atoms with van der Waals surface area (Å²) in [5.41, 5.74) is -0.711. The Labute approximate surface area is 181 Å². The summed E-state index contributed by atoms with van der Waals surface area (Å²) < 4.78 is 5.44. The molecule has 0 spiro atoms. The molecule has 1 aliphatic carbocycles. The van der Waals surface area contributed by atoms with E-state index in [1.807, 2.05) is 6.92 Å². The van der Waals surface area contributed by atoms with Crippen LogP contribution in [0.25, 0.3) is 0 Å². The fourth-order valence-corrected chi connectivity index (χ4v) is 4.96. The minimum atomic E-state index is -1.54. The van der Waals surface area contributed by atoms with Gasteiger partial charge in [0.1, 0.15) is 0 Å². The number of benzene rings is 1. The van der Waals surface area contributed by atoms with E-state index in [0.29, 0.717) is 24.2 Å². The van der Waals surface area contributed by atoms with Crippen LogP contribution < -0.4 is 10.2 Å². The zero-order valence-electron chi connectivity index (χ0n) is 17.9. The second-order valence-electron chi connectivity index (χ2n) is 8.50. The quantitative estimate of drug-likeness (QED) is 0.674. The lowest BCUT2D eigenvalue weighted by Crippen LogP contribution is -2.68. The number of nitrogens with zero attached hydrogens (tertiary/aromatic N) is 2. The van der Waals surface area contributed by atoms with Crippen LogP contribution in [0, 0.1) is 0 Å². The van der Waals surface area contributed by atoms with Gasteiger partial charge >= 0.3 is 5.97 Å². The van der Waals surface area contributed by atoms with Gasteiger partial charge in [-0.1, -0.05) is 38.3 Å². The molecule has 1 saturated heterocycles. The molecule has 0 bridgehead atoms. The maximum atomic E-state index is 13.4. The Balaban J connectivity index is 1.61. The summed E-state index contributed by atoms with van der Waals surface area (Å²) in [7, 11) is 0. The van der Waals surface area contributed by atoms with Crippen molar-refractivity contribution in [1.29, 1.82) is 0 Å². The van der Waals surface area contributed by atoms with E-state index in [2.05, 4.69) is 5.32 Å². The highest BCUT2D eigenvalue weighted by Gasteiger charge is 2.61. The molecule has 166 valence electrons. The van der Waals surface area contributed by atoms with Crippen LogP contribution >= 0.6 is 0 Å². The van der Waals surface area contributed by atoms with Gasteiger partial charge in [-0.25, -0.2) is 4.79 Å². The number of anilines is 1. The number of unbranched alkanes of at least 4 members (excludes halogenated alkanes) is 1. The Morgan fingerprint density at radius 1 is 1.19 bits per heavy atom. The fraction of sp³-hybridized carbons (Fsp3) is 0.565. The van der Waals surface area contributed by atoms with E-state index in [4.69, 9.17) is 4.74 Å². The molecule has 31 heavy (non-hydrogen) atoms. The molecule has 8 nitrogen and oxygen atoms in total. The van der Waals surface area contributed by atoms with Crippen LogP contribution in [0.5, 0.6) is 0 Å². The highest BCUT2D eigenvalue weighted by atomic mass is 16.5. The first-order chi connectivity index (χ1) is 15.0. The number of amides is 3. The molecular formula is C23H29N3O5. The van der Waals surface area contributed by atoms with E-state index in [1.165, 1.54) is 9.80 Å². The molecule has 2 fully saturated rings. The average molecular weight is 428 g/mol. The lowest BCUT2D eigenvalue weighted by atomic mass is 9.96. The average Bonchev–Trinajstić information content (AvgIpc) is 3.40. The van der Waals surface area contributed by atoms with Crippen molar-refractivity contribution in [3.8, 4) is 0 Å². The highest BCUT2D eigenvalue weighted by molar-refractivity contribution is 6.15. The molecule has 8 heteroatoms. The number of hydrogen-bond donors (Lipinski definition) is 1. The number of para-hydroxylation sites is 1. The molecule has 0 aromatic heterocycles. The van der Waals surface area contributed by atoms with Gasteiger partial charge in [0.2, 0.25) is 11.6 Å². The van der Waals surface area contributed by atoms with Gasteiger partial charge in [-0.05, 0) is 31.4 Å². The second kappa shape index (κ2) is 8.69. The minimum absolute atomic E-state index is 0.123. The third-order valence-corrected chi connectivity index (χ3v) is 6.49. The van der Waals surface area contributed by atoms with Gasteiger partial charge < -0.3 is 15.0 Å². The first-order valence-electron chi connectivity index (χ1n) is 11.2. The van der Waals surface area contributed by atoms with Crippen LogP contribution in [0.1, 0.15) is 68.6 Å². The Kier molecular flexibility index (Phi) is 5.98. The monoisotopic (exact) mass is 427 g/mol. The van der Waals surface area contributed by atoms with Crippen molar-refractivity contribution in [2.75, 3.05) is 18.1 Å². The number of ether oxygens (including phenoxy) is 1. The molecule has 3 aliphatic rings. The molecule has 1 atom stereocenters. The zero-order chi connectivity index (χ0) is 22.0. The van der Waals surface area contributed by atoms with E-state index in [0.717, 1.165) is 32.1 Å². The van der Waals surface area contributed by atoms with Gasteiger partial charge in [0, 0.05) is 25.4 Å². The summed E-state index contributed by atoms with van der Waals surface area (Å²) in [6.07, 6.45) is 5.83. The molecule has 4 rings (SSSR count). The van der Waals surface area contributed by atoms with Gasteiger partial charge in [0.15, 0.2) is 6.61 Å². The first-order valence-corrected chi connectivity index (χ1v) is 11.2. The van der Waals surface area contributed by atoms with Crippen molar-refractivity contribution in [3.05, 3.63) is 29.8 Å². The van der Waals surface area contributed by atoms with E-state index in [9.17, 15) is 19.2 Å². The molecule has 0 unspecified atom stereocenters. The van der Waals surface area contributed by atoms with Crippen LogP contribution in [0.3, 0.4) is 0 Å². The Morgan fingerprint density at radius 3 is 2.68 bits per heavy atom. The summed E-state index contributed by atoms with van der Waals surface area (Å²) in [4.78, 5) is 54.8. The number of fused-ring (bicyclic) bond motifs is 3. The third-order valence-electron chi connectivity index (χ3n) is 6.49. The SMILES string of the molecule is CCCCN1C(=O)c2ccccc2N2C(=O)CC[C@@]12C(=O)OCC(=O)NC1CCCC1. The van der Waals surface area contributed by atoms with E-state index in [-0.39, 0.29) is 36.6 Å². The second-order valence-corrected chi connectivity index (χ2v) is 8.50. The summed E-state index contributed by atoms with van der Waals surface area (Å²) in [5, 5.41) is 2.90. The van der Waals surface area contributed by atoms with Crippen molar-refractivity contribution in [2.24, 2.45) is 0 Å². The maximum absolute atomic E-state index is 13.4. The predicted octanol–water partition coefficient (Wildman–Crippen LogP) is 2.37. The standard InChI is InChI=1S/C23H29N3O5/c1-2-3-14-25-21(29)17-10-6-7-11-18(17)26-20(28)12-13-23(25,26)22(30)31-15-19(27)24-16-8-4-5-9-16/h6-7,10-11,16H,2-5,8-9,12-15H2,1H3,(H,24,27)/t23-/m1/s1. The summed E-state index contributed by atoms with van der Waals surface area (Å²) >= 11 is 0. The van der Waals surface area contributed by atoms with E-state index in [1.54, 1.807) is 24.3 Å². The Morgan fingerprint density at radius 2 is 1.94 bits per heavy atom. The van der Waals surface area contributed by atoms with Crippen molar-refractivity contribution < 1.29 is 23.9 Å². The summed E-state index contributed by atoms with van der Waals surface area (Å²) in [6, 6.07) is 6.96. The normalized spacial score (nSPS) is 23.0. The molecule has 0 radical (unpaired) electrons.